The zero-order valence-corrected chi connectivity index (χ0v) is 17.7. The lowest BCUT2D eigenvalue weighted by molar-refractivity contribution is 0.102. The molecule has 1 aliphatic heterocycles. The number of piperidine rings is 1. The van der Waals surface area contributed by atoms with Crippen LogP contribution in [-0.2, 0) is 13.1 Å². The zero-order chi connectivity index (χ0) is 19.5. The van der Waals surface area contributed by atoms with E-state index in [9.17, 15) is 4.79 Å². The fourth-order valence-corrected chi connectivity index (χ4v) is 4.28. The number of anilines is 1. The lowest BCUT2D eigenvalue weighted by atomic mass is 10.1. The highest BCUT2D eigenvalue weighted by Crippen LogP contribution is 2.23. The van der Waals surface area contributed by atoms with Gasteiger partial charge in [-0.1, -0.05) is 28.4 Å². The number of carbonyl (C=O) groups excluding carboxylic acids is 1. The van der Waals surface area contributed by atoms with E-state index in [0.29, 0.717) is 5.56 Å². The number of hydrogen-bond acceptors (Lipinski definition) is 3. The van der Waals surface area contributed by atoms with Crippen molar-refractivity contribution in [3.63, 3.8) is 0 Å². The second kappa shape index (κ2) is 8.45. The zero-order valence-electron chi connectivity index (χ0n) is 16.1. The third-order valence-corrected chi connectivity index (χ3v) is 5.80. The Balaban J connectivity index is 1.57. The van der Waals surface area contributed by atoms with Crippen molar-refractivity contribution in [2.75, 3.05) is 18.4 Å². The van der Waals surface area contributed by atoms with Crippen molar-refractivity contribution in [1.82, 2.24) is 14.5 Å². The fraction of sp³-hybridized carbons (Fsp3) is 0.364. The Hall–Kier alpha value is -2.18. The van der Waals surface area contributed by atoms with Crippen molar-refractivity contribution in [3.8, 4) is 0 Å². The number of benzene rings is 2. The summed E-state index contributed by atoms with van der Waals surface area (Å²) in [6.45, 7) is 6.25. The molecule has 4 rings (SSSR count). The van der Waals surface area contributed by atoms with E-state index in [-0.39, 0.29) is 5.91 Å². The molecule has 1 saturated heterocycles. The SMILES string of the molecule is CCn1c(CN2CCCCC2)nc2cc(NC(=O)c3cccc(Br)c3)ccc21. The number of nitrogens with one attached hydrogen (secondary N) is 1. The van der Waals surface area contributed by atoms with Crippen LogP contribution in [0.1, 0.15) is 42.4 Å². The second-order valence-electron chi connectivity index (χ2n) is 7.28. The average molecular weight is 441 g/mol. The number of fused-ring (bicyclic) bond motifs is 1. The molecule has 0 radical (unpaired) electrons. The number of amides is 1. The number of rotatable bonds is 5. The lowest BCUT2D eigenvalue weighted by Crippen LogP contribution is -2.30. The predicted octanol–water partition coefficient (Wildman–Crippen LogP) is 5.06. The van der Waals surface area contributed by atoms with Crippen molar-refractivity contribution >= 4 is 38.6 Å². The highest BCUT2D eigenvalue weighted by atomic mass is 79.9. The molecule has 3 aromatic rings. The standard InChI is InChI=1S/C22H25BrN4O/c1-2-27-20-10-9-18(24-22(28)16-7-6-8-17(23)13-16)14-19(20)25-21(27)15-26-11-4-3-5-12-26/h6-10,13-14H,2-5,11-12,15H2,1H3,(H,24,28). The maximum Gasteiger partial charge on any atom is 0.255 e. The number of likely N-dealkylation sites (tertiary alicyclic amines) is 1. The number of carbonyl (C=O) groups is 1. The summed E-state index contributed by atoms with van der Waals surface area (Å²) in [6.07, 6.45) is 3.89. The molecule has 0 bridgehead atoms. The van der Waals surface area contributed by atoms with Gasteiger partial charge in [-0.2, -0.15) is 0 Å². The van der Waals surface area contributed by atoms with Gasteiger partial charge in [0, 0.05) is 22.3 Å². The van der Waals surface area contributed by atoms with Crippen LogP contribution < -0.4 is 5.32 Å². The van der Waals surface area contributed by atoms with Crippen LogP contribution in [0.5, 0.6) is 0 Å². The first-order valence-corrected chi connectivity index (χ1v) is 10.7. The van der Waals surface area contributed by atoms with Crippen molar-refractivity contribution in [1.29, 1.82) is 0 Å². The molecule has 2 heterocycles. The van der Waals surface area contributed by atoms with E-state index >= 15 is 0 Å². The van der Waals surface area contributed by atoms with Gasteiger partial charge < -0.3 is 9.88 Å². The third-order valence-electron chi connectivity index (χ3n) is 5.30. The van der Waals surface area contributed by atoms with E-state index in [2.05, 4.69) is 43.7 Å². The summed E-state index contributed by atoms with van der Waals surface area (Å²) in [7, 11) is 0. The fourth-order valence-electron chi connectivity index (χ4n) is 3.88. The molecule has 28 heavy (non-hydrogen) atoms. The van der Waals surface area contributed by atoms with Crippen LogP contribution >= 0.6 is 15.9 Å². The number of imidazole rings is 1. The van der Waals surface area contributed by atoms with Gasteiger partial charge in [0.05, 0.1) is 17.6 Å². The molecule has 5 nitrogen and oxygen atoms in total. The Morgan fingerprint density at radius 1 is 1.14 bits per heavy atom. The molecule has 1 N–H and O–H groups in total. The second-order valence-corrected chi connectivity index (χ2v) is 8.19. The van der Waals surface area contributed by atoms with Gasteiger partial charge in [0.2, 0.25) is 0 Å². The predicted molar refractivity (Wildman–Crippen MR) is 117 cm³/mol. The molecule has 1 aliphatic rings. The van der Waals surface area contributed by atoms with Crippen LogP contribution in [0.25, 0.3) is 11.0 Å². The Bertz CT molecular complexity index is 991. The van der Waals surface area contributed by atoms with Gasteiger partial charge in [-0.05, 0) is 69.3 Å². The normalized spacial score (nSPS) is 15.1. The smallest absolute Gasteiger partial charge is 0.255 e. The minimum absolute atomic E-state index is 0.121. The first kappa shape index (κ1) is 19.2. The van der Waals surface area contributed by atoms with Crippen molar-refractivity contribution in [3.05, 3.63) is 58.3 Å². The maximum atomic E-state index is 12.5. The van der Waals surface area contributed by atoms with Crippen LogP contribution in [0.3, 0.4) is 0 Å². The molecular formula is C22H25BrN4O. The molecule has 0 aliphatic carbocycles. The van der Waals surface area contributed by atoms with Crippen LogP contribution in [0.2, 0.25) is 0 Å². The molecular weight excluding hydrogens is 416 g/mol. The van der Waals surface area contributed by atoms with E-state index in [1.807, 2.05) is 30.3 Å². The molecule has 146 valence electrons. The number of nitrogens with zero attached hydrogens (tertiary/aromatic N) is 3. The molecule has 6 heteroatoms. The largest absolute Gasteiger partial charge is 0.327 e. The first-order valence-electron chi connectivity index (χ1n) is 9.92. The van der Waals surface area contributed by atoms with Crippen LogP contribution in [0.15, 0.2) is 46.9 Å². The summed E-state index contributed by atoms with van der Waals surface area (Å²) < 4.78 is 3.17. The summed E-state index contributed by atoms with van der Waals surface area (Å²) in [5, 5.41) is 2.99. The lowest BCUT2D eigenvalue weighted by Gasteiger charge is -2.26. The monoisotopic (exact) mass is 440 g/mol. The van der Waals surface area contributed by atoms with Gasteiger partial charge >= 0.3 is 0 Å². The van der Waals surface area contributed by atoms with E-state index in [0.717, 1.165) is 53.2 Å². The van der Waals surface area contributed by atoms with E-state index in [1.165, 1.54) is 19.3 Å². The molecule has 0 unspecified atom stereocenters. The summed E-state index contributed by atoms with van der Waals surface area (Å²) in [6, 6.07) is 13.4. The summed E-state index contributed by atoms with van der Waals surface area (Å²) in [5.74, 6) is 0.985. The van der Waals surface area contributed by atoms with Gasteiger partial charge in [0.15, 0.2) is 0 Å². The molecule has 1 fully saturated rings. The highest BCUT2D eigenvalue weighted by molar-refractivity contribution is 9.10. The molecule has 0 spiro atoms. The molecule has 1 amide bonds. The summed E-state index contributed by atoms with van der Waals surface area (Å²) >= 11 is 3.41. The number of hydrogen-bond donors (Lipinski definition) is 1. The van der Waals surface area contributed by atoms with Gasteiger partial charge in [-0.15, -0.1) is 0 Å². The van der Waals surface area contributed by atoms with Gasteiger partial charge in [-0.3, -0.25) is 9.69 Å². The first-order chi connectivity index (χ1) is 13.6. The van der Waals surface area contributed by atoms with Crippen molar-refractivity contribution < 1.29 is 4.79 Å². The Morgan fingerprint density at radius 3 is 2.71 bits per heavy atom. The highest BCUT2D eigenvalue weighted by Gasteiger charge is 2.16. The van der Waals surface area contributed by atoms with E-state index in [4.69, 9.17) is 4.98 Å². The van der Waals surface area contributed by atoms with Crippen LogP contribution in [0, 0.1) is 0 Å². The summed E-state index contributed by atoms with van der Waals surface area (Å²) in [5.41, 5.74) is 3.44. The topological polar surface area (TPSA) is 50.2 Å². The third kappa shape index (κ3) is 4.13. The van der Waals surface area contributed by atoms with Gasteiger partial charge in [0.1, 0.15) is 5.82 Å². The van der Waals surface area contributed by atoms with Crippen molar-refractivity contribution in [2.45, 2.75) is 39.3 Å². The molecule has 2 aromatic carbocycles. The quantitative estimate of drug-likeness (QED) is 0.603. The Labute approximate surface area is 173 Å². The molecule has 0 atom stereocenters. The Kier molecular flexibility index (Phi) is 5.78. The van der Waals surface area contributed by atoms with Crippen LogP contribution in [0.4, 0.5) is 5.69 Å². The Morgan fingerprint density at radius 2 is 1.96 bits per heavy atom. The minimum atomic E-state index is -0.121. The maximum absolute atomic E-state index is 12.5. The number of aryl methyl sites for hydroxylation is 1. The molecule has 0 saturated carbocycles. The van der Waals surface area contributed by atoms with Gasteiger partial charge in [0.25, 0.3) is 5.91 Å². The average Bonchev–Trinajstić information content (AvgIpc) is 3.04. The van der Waals surface area contributed by atoms with Crippen molar-refractivity contribution in [2.24, 2.45) is 0 Å². The minimum Gasteiger partial charge on any atom is -0.327 e. The number of aromatic nitrogens is 2. The van der Waals surface area contributed by atoms with E-state index in [1.54, 1.807) is 6.07 Å². The van der Waals surface area contributed by atoms with Gasteiger partial charge in [-0.25, -0.2) is 4.98 Å². The summed E-state index contributed by atoms with van der Waals surface area (Å²) in [4.78, 5) is 19.9. The van der Waals surface area contributed by atoms with Crippen LogP contribution in [-0.4, -0.2) is 33.4 Å². The van der Waals surface area contributed by atoms with E-state index < -0.39 is 0 Å². The molecule has 1 aromatic heterocycles. The number of halogens is 1.